The van der Waals surface area contributed by atoms with E-state index in [0.717, 1.165) is 11.6 Å². The molecular weight excluding hydrogens is 391 g/mol. The minimum absolute atomic E-state index is 0.136. The zero-order valence-electron chi connectivity index (χ0n) is 15.6. The fourth-order valence-corrected chi connectivity index (χ4v) is 3.61. The van der Waals surface area contributed by atoms with Crippen LogP contribution in [0.2, 0.25) is 0 Å². The molecule has 0 bridgehead atoms. The Balaban J connectivity index is 2.06. The van der Waals surface area contributed by atoms with E-state index in [9.17, 15) is 18.0 Å². The molecule has 1 aromatic heterocycles. The van der Waals surface area contributed by atoms with Gasteiger partial charge in [0.15, 0.2) is 0 Å². The van der Waals surface area contributed by atoms with E-state index in [2.05, 4.69) is 4.98 Å². The Morgan fingerprint density at radius 3 is 2.30 bits per heavy atom. The van der Waals surface area contributed by atoms with Crippen molar-refractivity contribution in [2.24, 2.45) is 0 Å². The second-order valence-corrected chi connectivity index (χ2v) is 6.88. The quantitative estimate of drug-likeness (QED) is 0.437. The monoisotopic (exact) mass is 407 g/mol. The topological polar surface area (TPSA) is 50.2 Å². The molecule has 0 unspecified atom stereocenters. The first kappa shape index (κ1) is 19.6. The highest BCUT2D eigenvalue weighted by Gasteiger charge is 2.33. The molecule has 1 N–H and O–H groups in total. The molecule has 150 valence electrons. The van der Waals surface area contributed by atoms with Crippen molar-refractivity contribution in [2.75, 3.05) is 0 Å². The van der Waals surface area contributed by atoms with Gasteiger partial charge in [-0.2, -0.15) is 13.2 Å². The van der Waals surface area contributed by atoms with E-state index in [1.54, 1.807) is 30.3 Å². The summed E-state index contributed by atoms with van der Waals surface area (Å²) in [6, 6.07) is 20.1. The smallest absolute Gasteiger partial charge is 0.418 e. The molecule has 30 heavy (non-hydrogen) atoms. The summed E-state index contributed by atoms with van der Waals surface area (Å²) in [6.07, 6.45) is -3.26. The van der Waals surface area contributed by atoms with Crippen molar-refractivity contribution in [1.82, 2.24) is 4.98 Å². The molecule has 0 aliphatic carbocycles. The standard InChI is InChI=1S/C24H16F3NO2/c25-24(26,27)20-11-5-10-18-22(17-9-4-6-15(12-17)13-21(29)30)19(14-28-23(18)20)16-7-2-1-3-8-16/h1-12,14H,13H2,(H,29,30). The number of carbonyl (C=O) groups is 1. The number of pyridine rings is 1. The molecule has 3 nitrogen and oxygen atoms in total. The van der Waals surface area contributed by atoms with Gasteiger partial charge in [0.25, 0.3) is 0 Å². The van der Waals surface area contributed by atoms with Crippen molar-refractivity contribution in [3.8, 4) is 22.3 Å². The molecule has 3 aromatic carbocycles. The second-order valence-electron chi connectivity index (χ2n) is 6.88. The van der Waals surface area contributed by atoms with Gasteiger partial charge >= 0.3 is 12.1 Å². The van der Waals surface area contributed by atoms with Gasteiger partial charge in [0.1, 0.15) is 0 Å². The third-order valence-corrected chi connectivity index (χ3v) is 4.86. The molecule has 6 heteroatoms. The Morgan fingerprint density at radius 1 is 0.900 bits per heavy atom. The lowest BCUT2D eigenvalue weighted by molar-refractivity contribution is -0.137. The van der Waals surface area contributed by atoms with Crippen LogP contribution in [0, 0.1) is 0 Å². The summed E-state index contributed by atoms with van der Waals surface area (Å²) in [6.45, 7) is 0. The summed E-state index contributed by atoms with van der Waals surface area (Å²) >= 11 is 0. The van der Waals surface area contributed by atoms with Gasteiger partial charge in [0.05, 0.1) is 17.5 Å². The molecule has 0 fully saturated rings. The van der Waals surface area contributed by atoms with Gasteiger partial charge in [-0.3, -0.25) is 9.78 Å². The number of carboxylic acids is 1. The number of carboxylic acid groups (broad SMARTS) is 1. The minimum Gasteiger partial charge on any atom is -0.481 e. The average molecular weight is 407 g/mol. The van der Waals surface area contributed by atoms with E-state index in [0.29, 0.717) is 27.6 Å². The molecule has 0 spiro atoms. The summed E-state index contributed by atoms with van der Waals surface area (Å²) in [5, 5.41) is 9.48. The number of alkyl halides is 3. The van der Waals surface area contributed by atoms with Crippen LogP contribution in [-0.2, 0) is 17.4 Å². The Bertz CT molecular complexity index is 1230. The van der Waals surface area contributed by atoms with E-state index in [1.165, 1.54) is 12.3 Å². The predicted octanol–water partition coefficient (Wildman–Crippen LogP) is 6.21. The van der Waals surface area contributed by atoms with Crippen LogP contribution < -0.4 is 0 Å². The SMILES string of the molecule is O=C(O)Cc1cccc(-c2c(-c3ccccc3)cnc3c(C(F)(F)F)cccc23)c1. The van der Waals surface area contributed by atoms with Gasteiger partial charge in [-0.15, -0.1) is 0 Å². The van der Waals surface area contributed by atoms with E-state index < -0.39 is 17.7 Å². The third-order valence-electron chi connectivity index (χ3n) is 4.86. The normalized spacial score (nSPS) is 11.6. The van der Waals surface area contributed by atoms with E-state index in [4.69, 9.17) is 5.11 Å². The first-order valence-electron chi connectivity index (χ1n) is 9.20. The van der Waals surface area contributed by atoms with Gasteiger partial charge in [-0.1, -0.05) is 66.7 Å². The highest BCUT2D eigenvalue weighted by molar-refractivity contribution is 6.03. The fourth-order valence-electron chi connectivity index (χ4n) is 3.61. The third kappa shape index (κ3) is 3.76. The van der Waals surface area contributed by atoms with Gasteiger partial charge < -0.3 is 5.11 Å². The number of aliphatic carboxylic acids is 1. The van der Waals surface area contributed by atoms with E-state index in [-0.39, 0.29) is 11.9 Å². The summed E-state index contributed by atoms with van der Waals surface area (Å²) in [5.74, 6) is -0.977. The number of rotatable bonds is 4. The van der Waals surface area contributed by atoms with Crippen LogP contribution in [0.15, 0.2) is 79.0 Å². The van der Waals surface area contributed by atoms with Crippen molar-refractivity contribution in [3.05, 3.63) is 90.1 Å². The molecule has 0 aliphatic heterocycles. The van der Waals surface area contributed by atoms with Crippen LogP contribution in [0.5, 0.6) is 0 Å². The van der Waals surface area contributed by atoms with Crippen molar-refractivity contribution < 1.29 is 23.1 Å². The summed E-state index contributed by atoms with van der Waals surface area (Å²) in [4.78, 5) is 15.3. The van der Waals surface area contributed by atoms with Gasteiger partial charge in [0, 0.05) is 22.7 Å². The van der Waals surface area contributed by atoms with Crippen LogP contribution in [0.25, 0.3) is 33.2 Å². The van der Waals surface area contributed by atoms with Crippen LogP contribution in [0.3, 0.4) is 0 Å². The molecule has 0 atom stereocenters. The molecule has 0 saturated carbocycles. The maximum Gasteiger partial charge on any atom is 0.418 e. The Kier molecular flexibility index (Phi) is 4.99. The fraction of sp³-hybridized carbons (Fsp3) is 0.0833. The lowest BCUT2D eigenvalue weighted by Gasteiger charge is -2.17. The number of fused-ring (bicyclic) bond motifs is 1. The number of hydrogen-bond acceptors (Lipinski definition) is 2. The Labute approximate surface area is 170 Å². The molecule has 0 saturated heterocycles. The first-order valence-corrected chi connectivity index (χ1v) is 9.20. The van der Waals surface area contributed by atoms with Gasteiger partial charge in [-0.05, 0) is 22.8 Å². The van der Waals surface area contributed by atoms with Crippen molar-refractivity contribution in [2.45, 2.75) is 12.6 Å². The summed E-state index contributed by atoms with van der Waals surface area (Å²) in [5.41, 5.74) is 2.34. The summed E-state index contributed by atoms with van der Waals surface area (Å²) in [7, 11) is 0. The number of halogens is 3. The number of nitrogens with zero attached hydrogens (tertiary/aromatic N) is 1. The largest absolute Gasteiger partial charge is 0.481 e. The first-order chi connectivity index (χ1) is 14.3. The van der Waals surface area contributed by atoms with E-state index >= 15 is 0 Å². The molecule has 1 heterocycles. The van der Waals surface area contributed by atoms with Crippen molar-refractivity contribution >= 4 is 16.9 Å². The average Bonchev–Trinajstić information content (AvgIpc) is 2.72. The molecule has 0 aliphatic rings. The van der Waals surface area contributed by atoms with Crippen LogP contribution in [0.4, 0.5) is 13.2 Å². The molecule has 0 amide bonds. The minimum atomic E-state index is -4.54. The lowest BCUT2D eigenvalue weighted by atomic mass is 9.90. The second kappa shape index (κ2) is 7.63. The molecule has 4 aromatic rings. The highest BCUT2D eigenvalue weighted by atomic mass is 19.4. The Hall–Kier alpha value is -3.67. The lowest BCUT2D eigenvalue weighted by Crippen LogP contribution is -2.07. The van der Waals surface area contributed by atoms with E-state index in [1.807, 2.05) is 30.3 Å². The van der Waals surface area contributed by atoms with Crippen molar-refractivity contribution in [1.29, 1.82) is 0 Å². The highest BCUT2D eigenvalue weighted by Crippen LogP contribution is 2.41. The van der Waals surface area contributed by atoms with Crippen LogP contribution in [0.1, 0.15) is 11.1 Å². The van der Waals surface area contributed by atoms with Gasteiger partial charge in [-0.25, -0.2) is 0 Å². The molecule has 0 radical (unpaired) electrons. The number of para-hydroxylation sites is 1. The summed E-state index contributed by atoms with van der Waals surface area (Å²) < 4.78 is 40.7. The van der Waals surface area contributed by atoms with Crippen molar-refractivity contribution in [3.63, 3.8) is 0 Å². The van der Waals surface area contributed by atoms with Crippen LogP contribution >= 0.6 is 0 Å². The van der Waals surface area contributed by atoms with Gasteiger partial charge in [0.2, 0.25) is 0 Å². The zero-order valence-corrected chi connectivity index (χ0v) is 15.6. The molecule has 4 rings (SSSR count). The maximum absolute atomic E-state index is 13.6. The Morgan fingerprint density at radius 2 is 1.60 bits per heavy atom. The molecular formula is C24H16F3NO2. The number of benzene rings is 3. The number of aromatic nitrogens is 1. The van der Waals surface area contributed by atoms with Crippen LogP contribution in [-0.4, -0.2) is 16.1 Å². The predicted molar refractivity (Wildman–Crippen MR) is 109 cm³/mol. The number of hydrogen-bond donors (Lipinski definition) is 1. The maximum atomic E-state index is 13.6. The zero-order chi connectivity index (χ0) is 21.3.